The lowest BCUT2D eigenvalue weighted by Gasteiger charge is -2.18. The minimum Gasteiger partial charge on any atom is -0.469 e. The van der Waals surface area contributed by atoms with Crippen molar-refractivity contribution in [3.63, 3.8) is 0 Å². The average molecular weight is 304 g/mol. The molecule has 0 saturated carbocycles. The number of aryl methyl sites for hydroxylation is 1. The van der Waals surface area contributed by atoms with Crippen LogP contribution in [0.4, 0.5) is 0 Å². The molecule has 0 spiro atoms. The predicted molar refractivity (Wildman–Crippen MR) is 84.2 cm³/mol. The fourth-order valence-electron chi connectivity index (χ4n) is 2.18. The molecule has 2 aromatic rings. The molecule has 1 aromatic heterocycles. The summed E-state index contributed by atoms with van der Waals surface area (Å²) in [5, 5.41) is 0. The molecule has 0 bridgehead atoms. The van der Waals surface area contributed by atoms with Crippen molar-refractivity contribution in [2.24, 2.45) is 0 Å². The van der Waals surface area contributed by atoms with Gasteiger partial charge in [0, 0.05) is 18.0 Å². The highest BCUT2D eigenvalue weighted by Crippen LogP contribution is 2.17. The van der Waals surface area contributed by atoms with Gasteiger partial charge in [0.15, 0.2) is 0 Å². The van der Waals surface area contributed by atoms with E-state index in [4.69, 9.17) is 4.74 Å². The molecule has 0 aliphatic heterocycles. The molecule has 0 amide bonds. The van der Waals surface area contributed by atoms with Crippen molar-refractivity contribution in [3.05, 3.63) is 51.5 Å². The number of carbonyl (C=O) groups is 1. The third-order valence-electron chi connectivity index (χ3n) is 3.38. The molecule has 4 nitrogen and oxygen atoms in total. The molecule has 1 heterocycles. The van der Waals surface area contributed by atoms with Gasteiger partial charge in [0.2, 0.25) is 0 Å². The van der Waals surface area contributed by atoms with Gasteiger partial charge >= 0.3 is 5.97 Å². The van der Waals surface area contributed by atoms with E-state index in [-0.39, 0.29) is 5.97 Å². The van der Waals surface area contributed by atoms with E-state index in [1.54, 1.807) is 11.3 Å². The Bertz CT molecular complexity index is 610. The minimum absolute atomic E-state index is 0.205. The Balaban J connectivity index is 2.05. The van der Waals surface area contributed by atoms with Gasteiger partial charge in [-0.15, -0.1) is 11.3 Å². The Hall–Kier alpha value is -1.72. The smallest absolute Gasteiger partial charge is 0.309 e. The normalized spacial score (nSPS) is 10.9. The molecule has 0 N–H and O–H groups in total. The molecule has 0 radical (unpaired) electrons. The molecule has 112 valence electrons. The molecule has 0 saturated heterocycles. The minimum atomic E-state index is -0.205. The number of benzene rings is 1. The summed E-state index contributed by atoms with van der Waals surface area (Å²) < 4.78 is 4.76. The lowest BCUT2D eigenvalue weighted by atomic mass is 10.0. The largest absolute Gasteiger partial charge is 0.469 e. The maximum absolute atomic E-state index is 11.5. The standard InChI is InChI=1S/C16H20N2O2S/c1-12-15(21-11-17-12)10-18(2)9-14-7-5-4-6-13(14)8-16(19)20-3/h4-7,11H,8-10H2,1-3H3. The van der Waals surface area contributed by atoms with Gasteiger partial charge in [0.05, 0.1) is 24.7 Å². The first-order chi connectivity index (χ1) is 10.1. The Labute approximate surface area is 129 Å². The zero-order valence-electron chi connectivity index (χ0n) is 12.6. The second kappa shape index (κ2) is 7.33. The number of carbonyl (C=O) groups excluding carboxylic acids is 1. The molecular formula is C16H20N2O2S. The molecule has 1 aromatic carbocycles. The summed E-state index contributed by atoms with van der Waals surface area (Å²) in [5.74, 6) is -0.205. The molecule has 0 fully saturated rings. The number of hydrogen-bond donors (Lipinski definition) is 0. The number of thiazole rings is 1. The van der Waals surface area contributed by atoms with Crippen molar-refractivity contribution in [1.29, 1.82) is 0 Å². The van der Waals surface area contributed by atoms with Crippen LogP contribution >= 0.6 is 11.3 Å². The van der Waals surface area contributed by atoms with Crippen LogP contribution in [0.15, 0.2) is 29.8 Å². The Morgan fingerprint density at radius 1 is 1.29 bits per heavy atom. The van der Waals surface area contributed by atoms with Crippen molar-refractivity contribution < 1.29 is 9.53 Å². The van der Waals surface area contributed by atoms with Crippen molar-refractivity contribution in [2.75, 3.05) is 14.2 Å². The van der Waals surface area contributed by atoms with Crippen LogP contribution in [0, 0.1) is 6.92 Å². The van der Waals surface area contributed by atoms with Crippen molar-refractivity contribution in [1.82, 2.24) is 9.88 Å². The molecule has 0 atom stereocenters. The third kappa shape index (κ3) is 4.37. The Morgan fingerprint density at radius 3 is 2.62 bits per heavy atom. The van der Waals surface area contributed by atoms with Gasteiger partial charge in [-0.2, -0.15) is 0 Å². The lowest BCUT2D eigenvalue weighted by Crippen LogP contribution is -2.19. The second-order valence-corrected chi connectivity index (χ2v) is 5.99. The fourth-order valence-corrected chi connectivity index (χ4v) is 3.04. The number of esters is 1. The van der Waals surface area contributed by atoms with Crippen LogP contribution in [0.1, 0.15) is 21.7 Å². The summed E-state index contributed by atoms with van der Waals surface area (Å²) >= 11 is 1.68. The average Bonchev–Trinajstić information content (AvgIpc) is 2.86. The number of methoxy groups -OCH3 is 1. The van der Waals surface area contributed by atoms with Crippen LogP contribution in [0.5, 0.6) is 0 Å². The Kier molecular flexibility index (Phi) is 5.47. The second-order valence-electron chi connectivity index (χ2n) is 5.05. The zero-order chi connectivity index (χ0) is 15.2. The fraction of sp³-hybridized carbons (Fsp3) is 0.375. The first-order valence-corrected chi connectivity index (χ1v) is 7.69. The van der Waals surface area contributed by atoms with Crippen molar-refractivity contribution in [2.45, 2.75) is 26.4 Å². The first kappa shape index (κ1) is 15.7. The zero-order valence-corrected chi connectivity index (χ0v) is 13.4. The third-order valence-corrected chi connectivity index (χ3v) is 4.30. The predicted octanol–water partition coefficient (Wildman–Crippen LogP) is 2.80. The molecule has 0 aliphatic rings. The SMILES string of the molecule is COC(=O)Cc1ccccc1CN(C)Cc1scnc1C. The van der Waals surface area contributed by atoms with Crippen molar-refractivity contribution >= 4 is 17.3 Å². The van der Waals surface area contributed by atoms with E-state index in [2.05, 4.69) is 23.0 Å². The van der Waals surface area contributed by atoms with Gasteiger partial charge in [-0.25, -0.2) is 4.98 Å². The summed E-state index contributed by atoms with van der Waals surface area (Å²) in [7, 11) is 3.50. The quantitative estimate of drug-likeness (QED) is 0.770. The van der Waals surface area contributed by atoms with Gasteiger partial charge in [-0.3, -0.25) is 9.69 Å². The van der Waals surface area contributed by atoms with Crippen molar-refractivity contribution in [3.8, 4) is 0 Å². The van der Waals surface area contributed by atoms with Gasteiger partial charge in [0.25, 0.3) is 0 Å². The number of aromatic nitrogens is 1. The highest BCUT2D eigenvalue weighted by Gasteiger charge is 2.11. The maximum atomic E-state index is 11.5. The summed E-state index contributed by atoms with van der Waals surface area (Å²) in [6, 6.07) is 8.00. The summed E-state index contributed by atoms with van der Waals surface area (Å²) in [6.07, 6.45) is 0.320. The molecule has 0 aliphatic carbocycles. The molecule has 21 heavy (non-hydrogen) atoms. The van der Waals surface area contributed by atoms with E-state index < -0.39 is 0 Å². The van der Waals surface area contributed by atoms with Gasteiger partial charge in [0.1, 0.15) is 0 Å². The van der Waals surface area contributed by atoms with E-state index >= 15 is 0 Å². The van der Waals surface area contributed by atoms with Gasteiger partial charge in [-0.1, -0.05) is 24.3 Å². The molecule has 0 unspecified atom stereocenters. The number of rotatable bonds is 6. The summed E-state index contributed by atoms with van der Waals surface area (Å²) in [5.41, 5.74) is 5.16. The lowest BCUT2D eigenvalue weighted by molar-refractivity contribution is -0.139. The van der Waals surface area contributed by atoms with E-state index in [9.17, 15) is 4.79 Å². The first-order valence-electron chi connectivity index (χ1n) is 6.81. The topological polar surface area (TPSA) is 42.4 Å². The highest BCUT2D eigenvalue weighted by atomic mass is 32.1. The highest BCUT2D eigenvalue weighted by molar-refractivity contribution is 7.09. The van der Waals surface area contributed by atoms with Crippen LogP contribution < -0.4 is 0 Å². The van der Waals surface area contributed by atoms with Crippen LogP contribution in [0.25, 0.3) is 0 Å². The monoisotopic (exact) mass is 304 g/mol. The summed E-state index contributed by atoms with van der Waals surface area (Å²) in [4.78, 5) is 19.3. The molecule has 2 rings (SSSR count). The van der Waals surface area contributed by atoms with E-state index in [1.807, 2.05) is 30.6 Å². The Morgan fingerprint density at radius 2 is 2.00 bits per heavy atom. The number of hydrogen-bond acceptors (Lipinski definition) is 5. The summed E-state index contributed by atoms with van der Waals surface area (Å²) in [6.45, 7) is 3.69. The van der Waals surface area contributed by atoms with Crippen LogP contribution in [0.2, 0.25) is 0 Å². The van der Waals surface area contributed by atoms with Crippen LogP contribution in [0.3, 0.4) is 0 Å². The van der Waals surface area contributed by atoms with E-state index in [1.165, 1.54) is 12.0 Å². The number of nitrogens with zero attached hydrogens (tertiary/aromatic N) is 2. The molecular weight excluding hydrogens is 284 g/mol. The van der Waals surface area contributed by atoms with Gasteiger partial charge in [-0.05, 0) is 25.1 Å². The van der Waals surface area contributed by atoms with Gasteiger partial charge < -0.3 is 4.74 Å². The van der Waals surface area contributed by atoms with E-state index in [0.29, 0.717) is 6.42 Å². The van der Waals surface area contributed by atoms with Crippen LogP contribution in [-0.2, 0) is 29.0 Å². The maximum Gasteiger partial charge on any atom is 0.309 e. The molecule has 5 heteroatoms. The number of ether oxygens (including phenoxy) is 1. The van der Waals surface area contributed by atoms with E-state index in [0.717, 1.165) is 29.9 Å². The van der Waals surface area contributed by atoms with Crippen LogP contribution in [-0.4, -0.2) is 30.0 Å².